The Balaban J connectivity index is -0.000000107. The molecule has 0 unspecified atom stereocenters. The topological polar surface area (TPSA) is 80.3 Å². The number of carboxylic acids is 2. The molecule has 6 heteroatoms. The van der Waals surface area contributed by atoms with Gasteiger partial charge in [0.05, 0.1) is 11.9 Å². The zero-order chi connectivity index (χ0) is 8.57. The molecule has 0 amide bonds. The van der Waals surface area contributed by atoms with Gasteiger partial charge in [-0.25, -0.2) is 4.39 Å². The molecule has 11 heavy (non-hydrogen) atoms. The van der Waals surface area contributed by atoms with Crippen LogP contribution in [0.3, 0.4) is 0 Å². The molecule has 0 aromatic heterocycles. The average Bonchev–Trinajstić information content (AvgIpc) is 1.89. The van der Waals surface area contributed by atoms with Crippen LogP contribution in [0.15, 0.2) is 12.7 Å². The number of rotatable bonds is 2. The second kappa shape index (κ2) is 12.0. The van der Waals surface area contributed by atoms with Crippen LogP contribution in [0.2, 0.25) is 0 Å². The van der Waals surface area contributed by atoms with Crippen molar-refractivity contribution in [2.75, 3.05) is 6.67 Å². The fraction of sp³-hybridized carbons (Fsp3) is 0.200. The van der Waals surface area contributed by atoms with Crippen molar-refractivity contribution in [2.24, 2.45) is 0 Å². The number of carbonyl (C=O) groups excluding carboxylic acids is 2. The molecule has 0 saturated heterocycles. The number of alkyl halides is 1. The summed E-state index contributed by atoms with van der Waals surface area (Å²) in [7, 11) is 0. The minimum atomic E-state index is -1.66. The third kappa shape index (κ3) is 46.2. The summed E-state index contributed by atoms with van der Waals surface area (Å²) in [5, 5.41) is 18.0. The Morgan fingerprint density at radius 2 is 1.64 bits per heavy atom. The first-order valence-electron chi connectivity index (χ1n) is 2.13. The van der Waals surface area contributed by atoms with E-state index in [-0.39, 0.29) is 19.5 Å². The second-order valence-electron chi connectivity index (χ2n) is 1.03. The van der Waals surface area contributed by atoms with E-state index in [9.17, 15) is 4.39 Å². The van der Waals surface area contributed by atoms with Crippen LogP contribution in [-0.2, 0) is 29.1 Å². The Morgan fingerprint density at radius 1 is 1.45 bits per heavy atom. The summed E-state index contributed by atoms with van der Waals surface area (Å²) >= 11 is 0. The van der Waals surface area contributed by atoms with Gasteiger partial charge in [-0.15, -0.1) is 0 Å². The Hall–Kier alpha value is -0.767. The summed E-state index contributed by atoms with van der Waals surface area (Å²) in [4.78, 5) is 18.0. The van der Waals surface area contributed by atoms with Crippen molar-refractivity contribution in [3.63, 3.8) is 0 Å². The molecular formula is C5H5FO4Zn. The Morgan fingerprint density at radius 3 is 1.64 bits per heavy atom. The number of aliphatic carboxylic acids is 2. The van der Waals surface area contributed by atoms with Gasteiger partial charge in [-0.3, -0.25) is 0 Å². The minimum absolute atomic E-state index is 0. The average molecular weight is 213 g/mol. The van der Waals surface area contributed by atoms with Gasteiger partial charge < -0.3 is 19.8 Å². The predicted molar refractivity (Wildman–Crippen MR) is 26.2 cm³/mol. The molecule has 58 valence electrons. The fourth-order valence-corrected chi connectivity index (χ4v) is 0. The smallest absolute Gasteiger partial charge is 0.547 e. The van der Waals surface area contributed by atoms with E-state index in [4.69, 9.17) is 19.8 Å². The molecule has 0 aliphatic rings. The molecule has 0 aromatic rings. The van der Waals surface area contributed by atoms with Crippen LogP contribution in [0.4, 0.5) is 4.39 Å². The van der Waals surface area contributed by atoms with E-state index in [1.165, 1.54) is 0 Å². The standard InChI is InChI=1S/C3H4O2.C2H3FO2.Zn/c1-2-3(4)5;3-1-2(4)5;/h2H,1H2,(H,4,5);1H2,(H,4,5);/q;;+2/p-2. The zero-order valence-corrected chi connectivity index (χ0v) is 8.68. The van der Waals surface area contributed by atoms with Crippen LogP contribution < -0.4 is 10.2 Å². The molecule has 0 bridgehead atoms. The van der Waals surface area contributed by atoms with Crippen molar-refractivity contribution in [3.05, 3.63) is 12.7 Å². The van der Waals surface area contributed by atoms with E-state index in [0.29, 0.717) is 0 Å². The molecular weight excluding hydrogens is 208 g/mol. The van der Waals surface area contributed by atoms with Gasteiger partial charge in [-0.05, 0) is 6.08 Å². The summed E-state index contributed by atoms with van der Waals surface area (Å²) in [6, 6.07) is 0. The van der Waals surface area contributed by atoms with E-state index in [1.54, 1.807) is 0 Å². The van der Waals surface area contributed by atoms with Crippen LogP contribution in [0.5, 0.6) is 0 Å². The molecule has 0 rings (SSSR count). The first kappa shape index (κ1) is 16.7. The first-order valence-corrected chi connectivity index (χ1v) is 2.13. The van der Waals surface area contributed by atoms with Gasteiger partial charge >= 0.3 is 19.5 Å². The quantitative estimate of drug-likeness (QED) is 0.379. The molecule has 0 aliphatic carbocycles. The molecule has 4 nitrogen and oxygen atoms in total. The third-order valence-corrected chi connectivity index (χ3v) is 0.276. The van der Waals surface area contributed by atoms with Crippen molar-refractivity contribution in [3.8, 4) is 0 Å². The van der Waals surface area contributed by atoms with E-state index in [0.717, 1.165) is 6.08 Å². The summed E-state index contributed by atoms with van der Waals surface area (Å²) in [5.41, 5.74) is 0. The summed E-state index contributed by atoms with van der Waals surface area (Å²) in [6.07, 6.45) is 0.722. The molecule has 0 saturated carbocycles. The number of carboxylic acid groups (broad SMARTS) is 2. The van der Waals surface area contributed by atoms with Gasteiger partial charge in [0.2, 0.25) is 0 Å². The van der Waals surface area contributed by atoms with Crippen molar-refractivity contribution in [1.82, 2.24) is 0 Å². The maximum absolute atomic E-state index is 10.5. The van der Waals surface area contributed by atoms with Gasteiger partial charge in [0.15, 0.2) is 0 Å². The van der Waals surface area contributed by atoms with Gasteiger partial charge in [0, 0.05) is 0 Å². The van der Waals surface area contributed by atoms with E-state index >= 15 is 0 Å². The molecule has 0 aliphatic heterocycles. The monoisotopic (exact) mass is 212 g/mol. The third-order valence-electron chi connectivity index (χ3n) is 0.276. The van der Waals surface area contributed by atoms with Crippen molar-refractivity contribution >= 4 is 11.9 Å². The molecule has 0 fully saturated rings. The van der Waals surface area contributed by atoms with Crippen LogP contribution in [0.1, 0.15) is 0 Å². The summed E-state index contributed by atoms with van der Waals surface area (Å²) < 4.78 is 10.5. The largest absolute Gasteiger partial charge is 2.00 e. The minimum Gasteiger partial charge on any atom is -0.547 e. The predicted octanol–water partition coefficient (Wildman–Crippen LogP) is -2.37. The SMILES string of the molecule is C=CC(=O)[O-].O=C([O-])CF.[Zn+2]. The van der Waals surface area contributed by atoms with Crippen molar-refractivity contribution in [2.45, 2.75) is 0 Å². The van der Waals surface area contributed by atoms with Gasteiger partial charge in [0.25, 0.3) is 0 Å². The fourth-order valence-electron chi connectivity index (χ4n) is 0. The van der Waals surface area contributed by atoms with Crippen LogP contribution >= 0.6 is 0 Å². The van der Waals surface area contributed by atoms with Crippen LogP contribution in [0, 0.1) is 0 Å². The van der Waals surface area contributed by atoms with Crippen LogP contribution in [-0.4, -0.2) is 18.6 Å². The summed E-state index contributed by atoms with van der Waals surface area (Å²) in [5.74, 6) is -2.89. The van der Waals surface area contributed by atoms with E-state index < -0.39 is 18.6 Å². The first-order chi connectivity index (χ1) is 4.54. The van der Waals surface area contributed by atoms with E-state index in [2.05, 4.69) is 6.58 Å². The van der Waals surface area contributed by atoms with Crippen molar-refractivity contribution < 1.29 is 43.7 Å². The van der Waals surface area contributed by atoms with Gasteiger partial charge in [-0.2, -0.15) is 0 Å². The van der Waals surface area contributed by atoms with Gasteiger partial charge in [-0.1, -0.05) is 6.58 Å². The normalized spacial score (nSPS) is 6.27. The Kier molecular flexibility index (Phi) is 18.1. The van der Waals surface area contributed by atoms with Gasteiger partial charge in [0.1, 0.15) is 6.67 Å². The molecule has 0 spiro atoms. The van der Waals surface area contributed by atoms with E-state index in [1.807, 2.05) is 0 Å². The number of hydrogen-bond acceptors (Lipinski definition) is 4. The summed E-state index contributed by atoms with van der Waals surface area (Å²) in [6.45, 7) is 1.51. The Bertz CT molecular complexity index is 136. The zero-order valence-electron chi connectivity index (χ0n) is 5.71. The molecule has 0 radical (unpaired) electrons. The van der Waals surface area contributed by atoms with Crippen LogP contribution in [0.25, 0.3) is 0 Å². The number of hydrogen-bond donors (Lipinski definition) is 0. The maximum atomic E-state index is 10.5. The second-order valence-corrected chi connectivity index (χ2v) is 1.03. The molecule has 0 atom stereocenters. The maximum Gasteiger partial charge on any atom is 2.00 e. The number of carbonyl (C=O) groups is 2. The number of halogens is 1. The molecule has 0 N–H and O–H groups in total. The Labute approximate surface area is 75.5 Å². The molecule has 0 heterocycles. The molecule has 0 aromatic carbocycles. The van der Waals surface area contributed by atoms with Crippen molar-refractivity contribution in [1.29, 1.82) is 0 Å².